The largest absolute Gasteiger partial charge is 0.487 e. The Labute approximate surface area is 234 Å². The molecule has 3 atom stereocenters. The van der Waals surface area contributed by atoms with Crippen molar-refractivity contribution in [2.45, 2.75) is 64.6 Å². The zero-order chi connectivity index (χ0) is 28.6. The number of ether oxygens (including phenoxy) is 1. The van der Waals surface area contributed by atoms with Gasteiger partial charge in [-0.25, -0.2) is 13.5 Å². The van der Waals surface area contributed by atoms with Gasteiger partial charge in [-0.1, -0.05) is 29.7 Å². The first-order valence-corrected chi connectivity index (χ1v) is 13.7. The van der Waals surface area contributed by atoms with Crippen LogP contribution in [0.2, 0.25) is 5.02 Å². The minimum atomic E-state index is -2.78. The second-order valence-electron chi connectivity index (χ2n) is 10.4. The first-order chi connectivity index (χ1) is 19.2. The number of hydrogen-bond acceptors (Lipinski definition) is 6. The Balaban J connectivity index is 1.53. The fourth-order valence-electron chi connectivity index (χ4n) is 5.96. The molecule has 3 aromatic rings. The van der Waals surface area contributed by atoms with Gasteiger partial charge < -0.3 is 14.7 Å². The Morgan fingerprint density at radius 1 is 1.23 bits per heavy atom. The molecule has 2 aromatic heterocycles. The molecule has 214 valence electrons. The SMILES string of the molecule is Cc1cnn(C[C@@H]2c3c(OCc4nnn(C)c4C(F)F)ccc(Cl)c3CCN2C(=O)C2CCCC[C@H]2C(=O)O)c1. The number of benzene rings is 1. The highest BCUT2D eigenvalue weighted by Crippen LogP contribution is 2.43. The van der Waals surface area contributed by atoms with Crippen LogP contribution in [0.5, 0.6) is 5.75 Å². The lowest BCUT2D eigenvalue weighted by Gasteiger charge is -2.41. The third-order valence-corrected chi connectivity index (χ3v) is 8.25. The molecule has 1 unspecified atom stereocenters. The molecule has 1 aliphatic carbocycles. The Kier molecular flexibility index (Phi) is 8.07. The number of fused-ring (bicyclic) bond motifs is 1. The monoisotopic (exact) mass is 576 g/mol. The van der Waals surface area contributed by atoms with Crippen LogP contribution in [0.3, 0.4) is 0 Å². The van der Waals surface area contributed by atoms with Crippen LogP contribution in [0.1, 0.15) is 66.2 Å². The number of carboxylic acids is 1. The van der Waals surface area contributed by atoms with Gasteiger partial charge in [-0.05, 0) is 49.4 Å². The average molecular weight is 577 g/mol. The van der Waals surface area contributed by atoms with Gasteiger partial charge >= 0.3 is 5.97 Å². The summed E-state index contributed by atoms with van der Waals surface area (Å²) < 4.78 is 36.1. The van der Waals surface area contributed by atoms with E-state index in [4.69, 9.17) is 16.3 Å². The van der Waals surface area contributed by atoms with E-state index in [1.165, 1.54) is 7.05 Å². The van der Waals surface area contributed by atoms with Gasteiger partial charge in [-0.3, -0.25) is 14.3 Å². The summed E-state index contributed by atoms with van der Waals surface area (Å²) >= 11 is 6.63. The number of amides is 1. The molecule has 10 nitrogen and oxygen atoms in total. The van der Waals surface area contributed by atoms with Crippen molar-refractivity contribution in [1.82, 2.24) is 29.7 Å². The van der Waals surface area contributed by atoms with Crippen LogP contribution in [0, 0.1) is 18.8 Å². The second-order valence-corrected chi connectivity index (χ2v) is 10.9. The zero-order valence-electron chi connectivity index (χ0n) is 22.3. The highest BCUT2D eigenvalue weighted by atomic mass is 35.5. The zero-order valence-corrected chi connectivity index (χ0v) is 23.0. The van der Waals surface area contributed by atoms with E-state index in [1.54, 1.807) is 27.9 Å². The van der Waals surface area contributed by atoms with E-state index in [2.05, 4.69) is 15.4 Å². The van der Waals surface area contributed by atoms with Crippen molar-refractivity contribution in [2.24, 2.45) is 18.9 Å². The van der Waals surface area contributed by atoms with Crippen LogP contribution in [0.4, 0.5) is 8.78 Å². The Hall–Kier alpha value is -3.54. The predicted octanol–water partition coefficient (Wildman–Crippen LogP) is 4.51. The highest BCUT2D eigenvalue weighted by Gasteiger charge is 2.42. The number of carbonyl (C=O) groups is 2. The standard InChI is InChI=1S/C27H31ClF2N6O4/c1-15-11-31-35(12-15)13-21-23-18(9-10-36(21)26(37)16-5-3-4-6-17(16)27(38)39)19(28)7-8-22(23)40-14-20-24(25(29)30)34(2)33-32-20/h7-8,11-12,16-17,21,25H,3-6,9-10,13-14H2,1-2H3,(H,38,39)/t16?,17-,21-/m1/s1. The van der Waals surface area contributed by atoms with Gasteiger partial charge in [0.25, 0.3) is 6.43 Å². The van der Waals surface area contributed by atoms with Crippen molar-refractivity contribution in [3.63, 3.8) is 0 Å². The molecule has 0 saturated heterocycles. The lowest BCUT2D eigenvalue weighted by atomic mass is 9.77. The van der Waals surface area contributed by atoms with Crippen molar-refractivity contribution in [2.75, 3.05) is 6.54 Å². The van der Waals surface area contributed by atoms with E-state index in [0.717, 1.165) is 28.7 Å². The van der Waals surface area contributed by atoms with Crippen molar-refractivity contribution in [1.29, 1.82) is 0 Å². The minimum absolute atomic E-state index is 0.00991. The van der Waals surface area contributed by atoms with Crippen molar-refractivity contribution >= 4 is 23.5 Å². The topological polar surface area (TPSA) is 115 Å². The minimum Gasteiger partial charge on any atom is -0.487 e. The molecule has 13 heteroatoms. The average Bonchev–Trinajstić information content (AvgIpc) is 3.52. The van der Waals surface area contributed by atoms with Gasteiger partial charge in [-0.15, -0.1) is 5.10 Å². The Bertz CT molecular complexity index is 1410. The molecule has 40 heavy (non-hydrogen) atoms. The van der Waals surface area contributed by atoms with Crippen LogP contribution in [-0.2, 0) is 36.2 Å². The van der Waals surface area contributed by atoms with Crippen molar-refractivity contribution in [3.8, 4) is 5.75 Å². The molecular formula is C27H31ClF2N6O4. The van der Waals surface area contributed by atoms with Crippen molar-refractivity contribution < 1.29 is 28.2 Å². The summed E-state index contributed by atoms with van der Waals surface area (Å²) in [4.78, 5) is 27.8. The number of hydrogen-bond donors (Lipinski definition) is 1. The molecule has 0 spiro atoms. The fraction of sp³-hybridized carbons (Fsp3) is 0.519. The van der Waals surface area contributed by atoms with Crippen LogP contribution < -0.4 is 4.74 Å². The molecule has 1 aliphatic heterocycles. The molecule has 1 amide bonds. The number of carboxylic acid groups (broad SMARTS) is 1. The van der Waals surface area contributed by atoms with Gasteiger partial charge in [0, 0.05) is 30.4 Å². The number of nitrogens with zero attached hydrogens (tertiary/aromatic N) is 6. The van der Waals surface area contributed by atoms with Gasteiger partial charge in [0.05, 0.1) is 30.6 Å². The van der Waals surface area contributed by atoms with Gasteiger partial charge in [-0.2, -0.15) is 5.10 Å². The van der Waals surface area contributed by atoms with E-state index >= 15 is 0 Å². The number of aryl methyl sites for hydroxylation is 2. The molecule has 5 rings (SSSR count). The smallest absolute Gasteiger partial charge is 0.307 e. The predicted molar refractivity (Wildman–Crippen MR) is 140 cm³/mol. The van der Waals surface area contributed by atoms with Crippen LogP contribution in [-0.4, -0.2) is 53.2 Å². The quantitative estimate of drug-likeness (QED) is 0.419. The van der Waals surface area contributed by atoms with Gasteiger partial charge in [0.15, 0.2) is 0 Å². The second kappa shape index (κ2) is 11.5. The third kappa shape index (κ3) is 5.41. The first-order valence-electron chi connectivity index (χ1n) is 13.3. The summed E-state index contributed by atoms with van der Waals surface area (Å²) in [6.07, 6.45) is 3.76. The van der Waals surface area contributed by atoms with Gasteiger partial charge in [0.1, 0.15) is 23.7 Å². The van der Waals surface area contributed by atoms with Gasteiger partial charge in [0.2, 0.25) is 5.91 Å². The number of aliphatic carboxylic acids is 1. The molecule has 0 radical (unpaired) electrons. The molecule has 1 aromatic carbocycles. The molecule has 0 bridgehead atoms. The lowest BCUT2D eigenvalue weighted by Crippen LogP contribution is -2.48. The molecule has 1 saturated carbocycles. The Morgan fingerprint density at radius 3 is 2.65 bits per heavy atom. The summed E-state index contributed by atoms with van der Waals surface area (Å²) in [6.45, 7) is 2.28. The first kappa shape index (κ1) is 28.0. The third-order valence-electron chi connectivity index (χ3n) is 7.89. The van der Waals surface area contributed by atoms with Crippen LogP contribution in [0.25, 0.3) is 0 Å². The molecule has 1 N–H and O–H groups in total. The number of halogens is 3. The van der Waals surface area contributed by atoms with Crippen molar-refractivity contribution in [3.05, 3.63) is 57.6 Å². The summed E-state index contributed by atoms with van der Waals surface area (Å²) in [5.41, 5.74) is 2.07. The summed E-state index contributed by atoms with van der Waals surface area (Å²) in [5, 5.41) is 22.3. The Morgan fingerprint density at radius 2 is 1.98 bits per heavy atom. The maximum Gasteiger partial charge on any atom is 0.307 e. The maximum atomic E-state index is 14.0. The van der Waals surface area contributed by atoms with Crippen LogP contribution >= 0.6 is 11.6 Å². The number of alkyl halides is 2. The van der Waals surface area contributed by atoms with Crippen LogP contribution in [0.15, 0.2) is 24.5 Å². The van der Waals surface area contributed by atoms with E-state index < -0.39 is 30.3 Å². The molecule has 2 aliphatic rings. The lowest BCUT2D eigenvalue weighted by molar-refractivity contribution is -0.153. The number of carbonyl (C=O) groups excluding carboxylic acids is 1. The number of aromatic nitrogens is 5. The van der Waals surface area contributed by atoms with E-state index in [-0.39, 0.29) is 30.4 Å². The maximum absolute atomic E-state index is 14.0. The highest BCUT2D eigenvalue weighted by molar-refractivity contribution is 6.31. The summed E-state index contributed by atoms with van der Waals surface area (Å²) in [6, 6.07) is 2.78. The number of rotatable bonds is 8. The van der Waals surface area contributed by atoms with E-state index in [0.29, 0.717) is 42.1 Å². The molecule has 3 heterocycles. The molecular weight excluding hydrogens is 546 g/mol. The fourth-order valence-corrected chi connectivity index (χ4v) is 6.22. The van der Waals surface area contributed by atoms with E-state index in [9.17, 15) is 23.5 Å². The van der Waals surface area contributed by atoms with E-state index in [1.807, 2.05) is 13.1 Å². The normalized spacial score (nSPS) is 20.9. The summed E-state index contributed by atoms with van der Waals surface area (Å²) in [7, 11) is 1.39. The summed E-state index contributed by atoms with van der Waals surface area (Å²) in [5.74, 6) is -2.16. The molecule has 1 fully saturated rings.